The molecule has 0 amide bonds. The molecule has 0 N–H and O–H groups in total. The first-order valence-electron chi connectivity index (χ1n) is 7.34. The third-order valence-corrected chi connectivity index (χ3v) is 5.13. The van der Waals surface area contributed by atoms with Gasteiger partial charge in [-0.25, -0.2) is 9.67 Å². The molecule has 0 aliphatic heterocycles. The topological polar surface area (TPSA) is 43.1 Å². The first-order chi connectivity index (χ1) is 10.1. The zero-order valence-electron chi connectivity index (χ0n) is 12.3. The number of hydrogen-bond acceptors (Lipinski definition) is 4. The third kappa shape index (κ3) is 3.35. The molecule has 6 heteroatoms. The Bertz CT molecular complexity index is 698. The summed E-state index contributed by atoms with van der Waals surface area (Å²) >= 11 is 7.55. The molecular weight excluding hydrogens is 304 g/mol. The fourth-order valence-corrected chi connectivity index (χ4v) is 3.93. The van der Waals surface area contributed by atoms with Crippen molar-refractivity contribution >= 4 is 22.9 Å². The largest absolute Gasteiger partial charge is 0.254 e. The minimum atomic E-state index is 0.461. The molecule has 0 radical (unpaired) electrons. The van der Waals surface area contributed by atoms with Crippen LogP contribution in [0.15, 0.2) is 17.3 Å². The van der Waals surface area contributed by atoms with Gasteiger partial charge in [-0.05, 0) is 31.4 Å². The van der Waals surface area contributed by atoms with Crippen molar-refractivity contribution in [1.82, 2.24) is 14.8 Å². The van der Waals surface area contributed by atoms with Crippen LogP contribution in [0.4, 0.5) is 0 Å². The Hall–Kier alpha value is -1.20. The Morgan fingerprint density at radius 2 is 2.10 bits per heavy atom. The zero-order valence-corrected chi connectivity index (χ0v) is 13.9. The van der Waals surface area contributed by atoms with Crippen LogP contribution in [0.3, 0.4) is 0 Å². The summed E-state index contributed by atoms with van der Waals surface area (Å²) in [6.45, 7) is 2.03. The van der Waals surface area contributed by atoms with E-state index in [1.165, 1.54) is 32.1 Å². The maximum Gasteiger partial charge on any atom is 0.203 e. The van der Waals surface area contributed by atoms with Gasteiger partial charge in [-0.2, -0.15) is 5.10 Å². The maximum absolute atomic E-state index is 5.92. The summed E-state index contributed by atoms with van der Waals surface area (Å²) in [7, 11) is 1.96. The van der Waals surface area contributed by atoms with Gasteiger partial charge in [0, 0.05) is 18.8 Å². The van der Waals surface area contributed by atoms with E-state index in [-0.39, 0.29) is 0 Å². The van der Waals surface area contributed by atoms with Crippen LogP contribution in [0.5, 0.6) is 0 Å². The Morgan fingerprint density at radius 3 is 2.81 bits per heavy atom. The summed E-state index contributed by atoms with van der Waals surface area (Å²) in [5.74, 6) is 0. The summed E-state index contributed by atoms with van der Waals surface area (Å²) in [5, 5.41) is 6.07. The predicted octanol–water partition coefficient (Wildman–Crippen LogP) is 3.74. The lowest BCUT2D eigenvalue weighted by Crippen LogP contribution is -2.18. The van der Waals surface area contributed by atoms with Gasteiger partial charge in [0.1, 0.15) is 10.2 Å². The molecule has 1 aliphatic rings. The van der Waals surface area contributed by atoms with Crippen molar-refractivity contribution in [1.29, 1.82) is 0 Å². The Balaban J connectivity index is 1.95. The fourth-order valence-electron chi connectivity index (χ4n) is 2.68. The van der Waals surface area contributed by atoms with E-state index in [1.807, 2.05) is 24.7 Å². The van der Waals surface area contributed by atoms with Crippen molar-refractivity contribution in [3.05, 3.63) is 27.8 Å². The maximum atomic E-state index is 5.92. The fraction of sp³-hybridized carbons (Fsp3) is 0.533. The van der Waals surface area contributed by atoms with Gasteiger partial charge in [0.25, 0.3) is 0 Å². The van der Waals surface area contributed by atoms with Gasteiger partial charge in [0.2, 0.25) is 4.80 Å². The molecule has 1 fully saturated rings. The van der Waals surface area contributed by atoms with Crippen LogP contribution < -0.4 is 4.80 Å². The third-order valence-electron chi connectivity index (χ3n) is 3.88. The van der Waals surface area contributed by atoms with Crippen molar-refractivity contribution in [2.45, 2.75) is 45.1 Å². The molecule has 2 heterocycles. The normalized spacial score (nSPS) is 17.4. The molecule has 0 atom stereocenters. The molecule has 1 aliphatic carbocycles. The van der Waals surface area contributed by atoms with Crippen LogP contribution in [0.1, 0.15) is 37.7 Å². The lowest BCUT2D eigenvalue weighted by atomic mass is 9.96. The summed E-state index contributed by atoms with van der Waals surface area (Å²) in [6.07, 6.45) is 8.14. The van der Waals surface area contributed by atoms with Crippen molar-refractivity contribution < 1.29 is 0 Å². The van der Waals surface area contributed by atoms with E-state index in [9.17, 15) is 0 Å². The SMILES string of the molecule is Cc1cc(Cl)ncc1-c1nn(C)c(=NC2CCCCC2)s1. The van der Waals surface area contributed by atoms with E-state index < -0.39 is 0 Å². The molecule has 0 unspecified atom stereocenters. The van der Waals surface area contributed by atoms with Gasteiger partial charge in [-0.15, -0.1) is 0 Å². The lowest BCUT2D eigenvalue weighted by molar-refractivity contribution is 0.434. The quantitative estimate of drug-likeness (QED) is 0.790. The highest BCUT2D eigenvalue weighted by Gasteiger charge is 2.14. The number of halogens is 1. The Kier molecular flexibility index (Phi) is 4.40. The smallest absolute Gasteiger partial charge is 0.203 e. The van der Waals surface area contributed by atoms with Gasteiger partial charge in [-0.1, -0.05) is 42.2 Å². The van der Waals surface area contributed by atoms with Gasteiger partial charge < -0.3 is 0 Å². The molecule has 0 saturated heterocycles. The summed E-state index contributed by atoms with van der Waals surface area (Å²) < 4.78 is 1.88. The summed E-state index contributed by atoms with van der Waals surface area (Å²) in [4.78, 5) is 10.0. The number of hydrogen-bond donors (Lipinski definition) is 0. The number of nitrogens with zero attached hydrogens (tertiary/aromatic N) is 4. The first-order valence-corrected chi connectivity index (χ1v) is 8.53. The van der Waals surface area contributed by atoms with Gasteiger partial charge in [0.05, 0.1) is 6.04 Å². The highest BCUT2D eigenvalue weighted by molar-refractivity contribution is 7.12. The van der Waals surface area contributed by atoms with Crippen LogP contribution in [0.25, 0.3) is 10.6 Å². The van der Waals surface area contributed by atoms with E-state index in [1.54, 1.807) is 17.5 Å². The number of aromatic nitrogens is 3. The highest BCUT2D eigenvalue weighted by Crippen LogP contribution is 2.25. The number of pyridine rings is 1. The minimum Gasteiger partial charge on any atom is -0.254 e. The molecule has 3 rings (SSSR count). The van der Waals surface area contributed by atoms with Crippen LogP contribution in [-0.2, 0) is 7.05 Å². The van der Waals surface area contributed by atoms with Gasteiger partial charge in [0.15, 0.2) is 0 Å². The van der Waals surface area contributed by atoms with Gasteiger partial charge in [-0.3, -0.25) is 4.99 Å². The molecule has 112 valence electrons. The van der Waals surface area contributed by atoms with Crippen LogP contribution in [-0.4, -0.2) is 20.8 Å². The highest BCUT2D eigenvalue weighted by atomic mass is 35.5. The van der Waals surface area contributed by atoms with Gasteiger partial charge >= 0.3 is 0 Å². The number of aryl methyl sites for hydroxylation is 2. The second kappa shape index (κ2) is 6.28. The monoisotopic (exact) mass is 322 g/mol. The second-order valence-electron chi connectivity index (χ2n) is 5.56. The molecule has 4 nitrogen and oxygen atoms in total. The van der Waals surface area contributed by atoms with Crippen LogP contribution in [0.2, 0.25) is 5.15 Å². The first kappa shape index (κ1) is 14.7. The summed E-state index contributed by atoms with van der Waals surface area (Å²) in [5.41, 5.74) is 2.12. The average molecular weight is 323 g/mol. The molecule has 0 spiro atoms. The van der Waals surface area contributed by atoms with Crippen molar-refractivity contribution in [2.75, 3.05) is 0 Å². The van der Waals surface area contributed by atoms with Crippen molar-refractivity contribution in [3.63, 3.8) is 0 Å². The van der Waals surface area contributed by atoms with E-state index in [2.05, 4.69) is 10.1 Å². The van der Waals surface area contributed by atoms with E-state index in [4.69, 9.17) is 16.6 Å². The Labute approximate surface area is 133 Å². The molecule has 21 heavy (non-hydrogen) atoms. The molecule has 2 aromatic heterocycles. The predicted molar refractivity (Wildman–Crippen MR) is 86.5 cm³/mol. The molecule has 1 saturated carbocycles. The van der Waals surface area contributed by atoms with Crippen molar-refractivity contribution in [2.24, 2.45) is 12.0 Å². The van der Waals surface area contributed by atoms with Crippen LogP contribution in [0, 0.1) is 6.92 Å². The standard InChI is InChI=1S/C15H19ClN4S/c1-10-8-13(16)17-9-12(10)14-19-20(2)15(21-14)18-11-6-4-3-5-7-11/h8-9,11H,3-7H2,1-2H3. The minimum absolute atomic E-state index is 0.461. The number of rotatable bonds is 2. The van der Waals surface area contributed by atoms with E-state index >= 15 is 0 Å². The van der Waals surface area contributed by atoms with E-state index in [0.717, 1.165) is 20.9 Å². The van der Waals surface area contributed by atoms with Crippen molar-refractivity contribution in [3.8, 4) is 10.6 Å². The Morgan fingerprint density at radius 1 is 1.33 bits per heavy atom. The molecule has 2 aromatic rings. The molecular formula is C15H19ClN4S. The van der Waals surface area contributed by atoms with Crippen LogP contribution >= 0.6 is 22.9 Å². The molecule has 0 aromatic carbocycles. The second-order valence-corrected chi connectivity index (χ2v) is 6.90. The summed E-state index contributed by atoms with van der Waals surface area (Å²) in [6, 6.07) is 2.33. The molecule has 0 bridgehead atoms. The van der Waals surface area contributed by atoms with E-state index in [0.29, 0.717) is 11.2 Å². The lowest BCUT2D eigenvalue weighted by Gasteiger charge is -2.16. The zero-order chi connectivity index (χ0) is 14.8. The average Bonchev–Trinajstić information content (AvgIpc) is 2.81.